The molecule has 0 fully saturated rings. The smallest absolute Gasteiger partial charge is 0.252 e. The van der Waals surface area contributed by atoms with Crippen LogP contribution in [0.5, 0.6) is 5.75 Å². The summed E-state index contributed by atoms with van der Waals surface area (Å²) in [5, 5.41) is 3.13. The summed E-state index contributed by atoms with van der Waals surface area (Å²) in [6.07, 6.45) is 1.78. The number of carbonyl (C=O) groups excluding carboxylic acids is 1. The predicted octanol–water partition coefficient (Wildman–Crippen LogP) is 3.73. The molecule has 2 aromatic carbocycles. The van der Waals surface area contributed by atoms with Gasteiger partial charge in [0.2, 0.25) is 10.0 Å². The normalized spacial score (nSPS) is 17.8. The van der Waals surface area contributed by atoms with Crippen LogP contribution >= 0.6 is 0 Å². The van der Waals surface area contributed by atoms with E-state index in [9.17, 15) is 13.2 Å². The molecule has 0 aliphatic carbocycles. The SMILES string of the molecule is Cc1ccc2c(c1)C(NC(=O)c1cccc(N(C)S(C)(=O)=O)c1C)CC(C)(C)O2. The van der Waals surface area contributed by atoms with E-state index < -0.39 is 15.6 Å². The highest BCUT2D eigenvalue weighted by molar-refractivity contribution is 7.92. The van der Waals surface area contributed by atoms with Crippen LogP contribution in [0.25, 0.3) is 0 Å². The number of hydrogen-bond donors (Lipinski definition) is 1. The van der Waals surface area contributed by atoms with Crippen LogP contribution in [-0.2, 0) is 10.0 Å². The summed E-state index contributed by atoms with van der Waals surface area (Å²) in [7, 11) is -1.94. The summed E-state index contributed by atoms with van der Waals surface area (Å²) in [5.74, 6) is 0.542. The van der Waals surface area contributed by atoms with Crippen molar-refractivity contribution >= 4 is 21.6 Å². The Bertz CT molecular complexity index is 1060. The van der Waals surface area contributed by atoms with Crippen molar-refractivity contribution in [3.8, 4) is 5.75 Å². The van der Waals surface area contributed by atoms with Gasteiger partial charge in [-0.1, -0.05) is 23.8 Å². The second-order valence-electron chi connectivity index (χ2n) is 8.31. The average Bonchev–Trinajstić information content (AvgIpc) is 2.60. The molecule has 156 valence electrons. The number of hydrogen-bond acceptors (Lipinski definition) is 4. The second kappa shape index (κ2) is 7.37. The lowest BCUT2D eigenvalue weighted by Gasteiger charge is -2.38. The summed E-state index contributed by atoms with van der Waals surface area (Å²) in [4.78, 5) is 13.1. The molecule has 7 heteroatoms. The first-order valence-corrected chi connectivity index (χ1v) is 11.4. The van der Waals surface area contributed by atoms with Crippen molar-refractivity contribution in [2.75, 3.05) is 17.6 Å². The molecule has 0 radical (unpaired) electrons. The molecule has 1 aliphatic heterocycles. The zero-order valence-corrected chi connectivity index (χ0v) is 18.6. The predicted molar refractivity (Wildman–Crippen MR) is 115 cm³/mol. The lowest BCUT2D eigenvalue weighted by Crippen LogP contribution is -2.41. The Kier molecular flexibility index (Phi) is 5.38. The lowest BCUT2D eigenvalue weighted by molar-refractivity contribution is 0.0619. The van der Waals surface area contributed by atoms with E-state index in [0.717, 1.165) is 23.1 Å². The Labute approximate surface area is 172 Å². The third kappa shape index (κ3) is 4.40. The number of aryl methyl sites for hydroxylation is 1. The minimum atomic E-state index is -3.42. The van der Waals surface area contributed by atoms with E-state index in [-0.39, 0.29) is 11.9 Å². The minimum Gasteiger partial charge on any atom is -0.487 e. The van der Waals surface area contributed by atoms with Crippen LogP contribution in [0.15, 0.2) is 36.4 Å². The fourth-order valence-electron chi connectivity index (χ4n) is 3.73. The van der Waals surface area contributed by atoms with Crippen LogP contribution in [0.4, 0.5) is 5.69 Å². The van der Waals surface area contributed by atoms with E-state index in [2.05, 4.69) is 5.32 Å². The molecule has 1 heterocycles. The maximum atomic E-state index is 13.1. The molecule has 1 aliphatic rings. The van der Waals surface area contributed by atoms with Gasteiger partial charge in [-0.25, -0.2) is 8.42 Å². The van der Waals surface area contributed by atoms with Crippen molar-refractivity contribution in [1.29, 1.82) is 0 Å². The van der Waals surface area contributed by atoms with Gasteiger partial charge in [0.05, 0.1) is 18.0 Å². The molecule has 6 nitrogen and oxygen atoms in total. The standard InChI is InChI=1S/C22H28N2O4S/c1-14-10-11-20-17(12-14)18(13-22(3,4)28-20)23-21(25)16-8-7-9-19(15(16)2)24(5)29(6,26)27/h7-12,18H,13H2,1-6H3,(H,23,25). The molecule has 0 saturated carbocycles. The van der Waals surface area contributed by atoms with Gasteiger partial charge in [0.1, 0.15) is 11.4 Å². The number of benzene rings is 2. The summed E-state index contributed by atoms with van der Waals surface area (Å²) < 4.78 is 31.1. The molecular weight excluding hydrogens is 388 g/mol. The molecule has 29 heavy (non-hydrogen) atoms. The summed E-state index contributed by atoms with van der Waals surface area (Å²) in [6, 6.07) is 10.9. The number of fused-ring (bicyclic) bond motifs is 1. The van der Waals surface area contributed by atoms with Crippen LogP contribution in [0.3, 0.4) is 0 Å². The van der Waals surface area contributed by atoms with Gasteiger partial charge in [0.25, 0.3) is 5.91 Å². The highest BCUT2D eigenvalue weighted by Crippen LogP contribution is 2.40. The topological polar surface area (TPSA) is 75.7 Å². The number of nitrogens with one attached hydrogen (secondary N) is 1. The molecule has 3 rings (SSSR count). The Morgan fingerprint density at radius 3 is 2.55 bits per heavy atom. The van der Waals surface area contributed by atoms with Crippen molar-refractivity contribution in [3.05, 3.63) is 58.7 Å². The molecule has 0 saturated heterocycles. The molecule has 0 bridgehead atoms. The Morgan fingerprint density at radius 2 is 1.90 bits per heavy atom. The summed E-state index contributed by atoms with van der Waals surface area (Å²) in [6.45, 7) is 7.77. The summed E-state index contributed by atoms with van der Waals surface area (Å²) >= 11 is 0. The van der Waals surface area contributed by atoms with Crippen LogP contribution in [0.2, 0.25) is 0 Å². The maximum absolute atomic E-state index is 13.1. The van der Waals surface area contributed by atoms with Gasteiger partial charge >= 0.3 is 0 Å². The van der Waals surface area contributed by atoms with Crippen LogP contribution < -0.4 is 14.4 Å². The second-order valence-corrected chi connectivity index (χ2v) is 10.3. The largest absolute Gasteiger partial charge is 0.487 e. The summed E-state index contributed by atoms with van der Waals surface area (Å²) in [5.41, 5.74) is 3.21. The fraction of sp³-hybridized carbons (Fsp3) is 0.409. The van der Waals surface area contributed by atoms with E-state index in [4.69, 9.17) is 4.74 Å². The molecule has 0 spiro atoms. The van der Waals surface area contributed by atoms with Crippen molar-refractivity contribution in [2.45, 2.75) is 45.8 Å². The van der Waals surface area contributed by atoms with E-state index in [1.54, 1.807) is 25.1 Å². The first-order valence-electron chi connectivity index (χ1n) is 9.53. The van der Waals surface area contributed by atoms with Gasteiger partial charge in [0, 0.05) is 24.6 Å². The van der Waals surface area contributed by atoms with E-state index in [0.29, 0.717) is 23.2 Å². The van der Waals surface area contributed by atoms with Gasteiger partial charge in [-0.15, -0.1) is 0 Å². The van der Waals surface area contributed by atoms with E-state index in [1.165, 1.54) is 11.4 Å². The number of amides is 1. The zero-order chi connectivity index (χ0) is 21.6. The number of nitrogens with zero attached hydrogens (tertiary/aromatic N) is 1. The highest BCUT2D eigenvalue weighted by atomic mass is 32.2. The molecule has 1 atom stereocenters. The van der Waals surface area contributed by atoms with E-state index in [1.807, 2.05) is 39.0 Å². The van der Waals surface area contributed by atoms with Gasteiger partial charge in [-0.3, -0.25) is 9.10 Å². The monoisotopic (exact) mass is 416 g/mol. The quantitative estimate of drug-likeness (QED) is 0.824. The number of carbonyl (C=O) groups is 1. The number of ether oxygens (including phenoxy) is 1. The lowest BCUT2D eigenvalue weighted by atomic mass is 9.88. The highest BCUT2D eigenvalue weighted by Gasteiger charge is 2.35. The van der Waals surface area contributed by atoms with Crippen LogP contribution in [-0.4, -0.2) is 33.2 Å². The van der Waals surface area contributed by atoms with Crippen LogP contribution in [0.1, 0.15) is 53.4 Å². The molecular formula is C22H28N2O4S. The Hall–Kier alpha value is -2.54. The Morgan fingerprint density at radius 1 is 1.21 bits per heavy atom. The minimum absolute atomic E-state index is 0.197. The maximum Gasteiger partial charge on any atom is 0.252 e. The van der Waals surface area contributed by atoms with Gasteiger partial charge < -0.3 is 10.1 Å². The molecule has 1 unspecified atom stereocenters. The van der Waals surface area contributed by atoms with E-state index >= 15 is 0 Å². The van der Waals surface area contributed by atoms with Crippen molar-refractivity contribution in [2.24, 2.45) is 0 Å². The molecule has 1 N–H and O–H groups in total. The molecule has 0 aromatic heterocycles. The van der Waals surface area contributed by atoms with Gasteiger partial charge in [-0.2, -0.15) is 0 Å². The van der Waals surface area contributed by atoms with Gasteiger partial charge in [0.15, 0.2) is 0 Å². The third-order valence-electron chi connectivity index (χ3n) is 5.31. The van der Waals surface area contributed by atoms with Crippen molar-refractivity contribution < 1.29 is 17.9 Å². The zero-order valence-electron chi connectivity index (χ0n) is 17.7. The van der Waals surface area contributed by atoms with Crippen LogP contribution in [0, 0.1) is 13.8 Å². The van der Waals surface area contributed by atoms with Gasteiger partial charge in [-0.05, 0) is 51.5 Å². The van der Waals surface area contributed by atoms with Crippen molar-refractivity contribution in [3.63, 3.8) is 0 Å². The average molecular weight is 417 g/mol. The number of sulfonamides is 1. The number of anilines is 1. The fourth-order valence-corrected chi connectivity index (χ4v) is 4.28. The third-order valence-corrected chi connectivity index (χ3v) is 6.51. The number of rotatable bonds is 4. The molecule has 2 aromatic rings. The Balaban J connectivity index is 1.95. The first kappa shape index (κ1) is 21.2. The van der Waals surface area contributed by atoms with Crippen molar-refractivity contribution in [1.82, 2.24) is 5.32 Å². The molecule has 1 amide bonds. The first-order chi connectivity index (χ1) is 13.4.